The molecule has 8 heteroatoms. The number of hydrogen-bond acceptors (Lipinski definition) is 6. The van der Waals surface area contributed by atoms with Crippen molar-refractivity contribution >= 4 is 28.4 Å². The molecule has 1 atom stereocenters. The van der Waals surface area contributed by atoms with Gasteiger partial charge in [0.2, 0.25) is 5.91 Å². The Balaban J connectivity index is 1.71. The Labute approximate surface area is 158 Å². The van der Waals surface area contributed by atoms with Gasteiger partial charge in [-0.05, 0) is 32.1 Å². The molecule has 2 fully saturated rings. The van der Waals surface area contributed by atoms with E-state index in [9.17, 15) is 4.79 Å². The summed E-state index contributed by atoms with van der Waals surface area (Å²) in [7, 11) is 1.78. The first-order chi connectivity index (χ1) is 13.2. The standard InChI is InChI=1S/C19H27N5O3/c1-13(25)21-17-11-16-15(12-20-17)19(23-8-6-14(26-2)7-9-23)22-24(16)18-5-3-4-10-27-18/h11-12,14,18H,3-10H2,1-2H3,(H,20,21,25). The quantitative estimate of drug-likeness (QED) is 0.887. The number of nitrogens with one attached hydrogen (secondary N) is 1. The molecule has 0 saturated carbocycles. The summed E-state index contributed by atoms with van der Waals surface area (Å²) in [4.78, 5) is 18.1. The van der Waals surface area contributed by atoms with Crippen molar-refractivity contribution in [2.24, 2.45) is 0 Å². The molecule has 1 amide bonds. The minimum atomic E-state index is -0.135. The van der Waals surface area contributed by atoms with Gasteiger partial charge in [-0.3, -0.25) is 4.79 Å². The molecule has 8 nitrogen and oxygen atoms in total. The predicted molar refractivity (Wildman–Crippen MR) is 103 cm³/mol. The Morgan fingerprint density at radius 1 is 1.30 bits per heavy atom. The van der Waals surface area contributed by atoms with Gasteiger partial charge in [-0.25, -0.2) is 9.67 Å². The number of piperidine rings is 1. The Morgan fingerprint density at radius 3 is 2.78 bits per heavy atom. The third kappa shape index (κ3) is 3.77. The van der Waals surface area contributed by atoms with E-state index in [1.165, 1.54) is 6.92 Å². The fourth-order valence-electron chi connectivity index (χ4n) is 3.94. The van der Waals surface area contributed by atoms with Crippen LogP contribution in [0.25, 0.3) is 10.9 Å². The lowest BCUT2D eigenvalue weighted by Gasteiger charge is -2.31. The van der Waals surface area contributed by atoms with Gasteiger partial charge in [-0.1, -0.05) is 0 Å². The molecule has 146 valence electrons. The molecule has 2 aliphatic heterocycles. The normalized spacial score (nSPS) is 21.6. The van der Waals surface area contributed by atoms with Crippen molar-refractivity contribution in [2.75, 3.05) is 37.0 Å². The Bertz CT molecular complexity index is 807. The van der Waals surface area contributed by atoms with E-state index in [0.29, 0.717) is 11.9 Å². The fraction of sp³-hybridized carbons (Fsp3) is 0.632. The van der Waals surface area contributed by atoms with Gasteiger partial charge < -0.3 is 19.7 Å². The van der Waals surface area contributed by atoms with Crippen molar-refractivity contribution in [3.05, 3.63) is 12.3 Å². The molecule has 0 aromatic carbocycles. The van der Waals surface area contributed by atoms with Gasteiger partial charge in [0.25, 0.3) is 0 Å². The van der Waals surface area contributed by atoms with Crippen molar-refractivity contribution in [3.8, 4) is 0 Å². The van der Waals surface area contributed by atoms with E-state index in [0.717, 1.165) is 68.5 Å². The molecule has 27 heavy (non-hydrogen) atoms. The van der Waals surface area contributed by atoms with Crippen LogP contribution in [-0.2, 0) is 14.3 Å². The number of aromatic nitrogens is 3. The summed E-state index contributed by atoms with van der Waals surface area (Å²) in [5.74, 6) is 1.34. The van der Waals surface area contributed by atoms with E-state index in [1.807, 2.05) is 16.9 Å². The molecule has 2 aromatic rings. The van der Waals surface area contributed by atoms with Crippen LogP contribution in [-0.4, -0.2) is 53.6 Å². The van der Waals surface area contributed by atoms with Gasteiger partial charge >= 0.3 is 0 Å². The first kappa shape index (κ1) is 18.2. The molecule has 0 bridgehead atoms. The number of anilines is 2. The summed E-state index contributed by atoms with van der Waals surface area (Å²) in [5.41, 5.74) is 0.949. The molecule has 1 N–H and O–H groups in total. The van der Waals surface area contributed by atoms with E-state index < -0.39 is 0 Å². The molecule has 0 aliphatic carbocycles. The molecule has 2 saturated heterocycles. The molecule has 0 spiro atoms. The van der Waals surface area contributed by atoms with Crippen LogP contribution >= 0.6 is 0 Å². The summed E-state index contributed by atoms with van der Waals surface area (Å²) < 4.78 is 13.4. The number of nitrogens with zero attached hydrogens (tertiary/aromatic N) is 4. The van der Waals surface area contributed by atoms with Gasteiger partial charge in [-0.15, -0.1) is 0 Å². The monoisotopic (exact) mass is 373 g/mol. The van der Waals surface area contributed by atoms with Crippen LogP contribution in [0, 0.1) is 0 Å². The number of carbonyl (C=O) groups is 1. The average molecular weight is 373 g/mol. The minimum Gasteiger partial charge on any atom is -0.381 e. The summed E-state index contributed by atoms with van der Waals surface area (Å²) >= 11 is 0. The van der Waals surface area contributed by atoms with Crippen molar-refractivity contribution in [2.45, 2.75) is 51.4 Å². The first-order valence-corrected chi connectivity index (χ1v) is 9.71. The molecule has 4 rings (SSSR count). The van der Waals surface area contributed by atoms with Crippen LogP contribution in [0.2, 0.25) is 0 Å². The van der Waals surface area contributed by atoms with Crippen molar-refractivity contribution in [3.63, 3.8) is 0 Å². The number of rotatable bonds is 4. The van der Waals surface area contributed by atoms with Gasteiger partial charge in [0, 0.05) is 46.0 Å². The number of methoxy groups -OCH3 is 1. The third-order valence-electron chi connectivity index (χ3n) is 5.38. The molecule has 2 aliphatic rings. The minimum absolute atomic E-state index is 0.0703. The first-order valence-electron chi connectivity index (χ1n) is 9.71. The number of carbonyl (C=O) groups excluding carboxylic acids is 1. The van der Waals surface area contributed by atoms with Crippen LogP contribution in [0.1, 0.15) is 45.3 Å². The number of pyridine rings is 1. The van der Waals surface area contributed by atoms with E-state index in [1.54, 1.807) is 7.11 Å². The Kier molecular flexibility index (Phi) is 5.27. The van der Waals surface area contributed by atoms with E-state index in [4.69, 9.17) is 14.6 Å². The van der Waals surface area contributed by atoms with Crippen molar-refractivity contribution < 1.29 is 14.3 Å². The molecule has 1 unspecified atom stereocenters. The lowest BCUT2D eigenvalue weighted by Crippen LogP contribution is -2.37. The molecule has 0 radical (unpaired) electrons. The lowest BCUT2D eigenvalue weighted by atomic mass is 10.1. The second kappa shape index (κ2) is 7.82. The predicted octanol–water partition coefficient (Wildman–Crippen LogP) is 2.70. The summed E-state index contributed by atoms with van der Waals surface area (Å²) in [6.07, 6.45) is 7.20. The van der Waals surface area contributed by atoms with Crippen LogP contribution < -0.4 is 10.2 Å². The van der Waals surface area contributed by atoms with Crippen LogP contribution in [0.4, 0.5) is 11.6 Å². The largest absolute Gasteiger partial charge is 0.381 e. The molecule has 4 heterocycles. The average Bonchev–Trinajstić information content (AvgIpc) is 3.07. The highest BCUT2D eigenvalue weighted by atomic mass is 16.5. The van der Waals surface area contributed by atoms with E-state index in [-0.39, 0.29) is 12.1 Å². The van der Waals surface area contributed by atoms with Gasteiger partial charge in [0.05, 0.1) is 17.0 Å². The lowest BCUT2D eigenvalue weighted by molar-refractivity contribution is -0.114. The second-order valence-electron chi connectivity index (χ2n) is 7.28. The smallest absolute Gasteiger partial charge is 0.222 e. The SMILES string of the molecule is COC1CCN(c2nn(C3CCCCO3)c3cc(NC(C)=O)ncc23)CC1. The zero-order chi connectivity index (χ0) is 18.8. The molecular formula is C19H27N5O3. The summed E-state index contributed by atoms with van der Waals surface area (Å²) in [5, 5.41) is 8.69. The van der Waals surface area contributed by atoms with Crippen LogP contribution in [0.5, 0.6) is 0 Å². The maximum Gasteiger partial charge on any atom is 0.222 e. The highest BCUT2D eigenvalue weighted by Gasteiger charge is 2.26. The number of fused-ring (bicyclic) bond motifs is 1. The maximum atomic E-state index is 11.4. The zero-order valence-corrected chi connectivity index (χ0v) is 16.0. The Hall–Kier alpha value is -2.19. The fourth-order valence-corrected chi connectivity index (χ4v) is 3.94. The van der Waals surface area contributed by atoms with Crippen LogP contribution in [0.15, 0.2) is 12.3 Å². The van der Waals surface area contributed by atoms with Crippen molar-refractivity contribution in [1.82, 2.24) is 14.8 Å². The molecule has 2 aromatic heterocycles. The number of amides is 1. The van der Waals surface area contributed by atoms with Gasteiger partial charge in [0.15, 0.2) is 12.0 Å². The number of hydrogen-bond donors (Lipinski definition) is 1. The summed E-state index contributed by atoms with van der Waals surface area (Å²) in [6.45, 7) is 4.05. The van der Waals surface area contributed by atoms with Crippen LogP contribution in [0.3, 0.4) is 0 Å². The second-order valence-corrected chi connectivity index (χ2v) is 7.28. The topological polar surface area (TPSA) is 81.5 Å². The zero-order valence-electron chi connectivity index (χ0n) is 16.0. The van der Waals surface area contributed by atoms with Gasteiger partial charge in [-0.2, -0.15) is 5.10 Å². The third-order valence-corrected chi connectivity index (χ3v) is 5.38. The molecular weight excluding hydrogens is 346 g/mol. The summed E-state index contributed by atoms with van der Waals surface area (Å²) in [6, 6.07) is 1.90. The number of ether oxygens (including phenoxy) is 2. The maximum absolute atomic E-state index is 11.4. The van der Waals surface area contributed by atoms with Crippen molar-refractivity contribution in [1.29, 1.82) is 0 Å². The highest BCUT2D eigenvalue weighted by molar-refractivity contribution is 5.94. The van der Waals surface area contributed by atoms with E-state index >= 15 is 0 Å². The Morgan fingerprint density at radius 2 is 2.11 bits per heavy atom. The van der Waals surface area contributed by atoms with Gasteiger partial charge in [0.1, 0.15) is 5.82 Å². The van der Waals surface area contributed by atoms with E-state index in [2.05, 4.69) is 15.2 Å². The highest BCUT2D eigenvalue weighted by Crippen LogP contribution is 2.34.